The first-order chi connectivity index (χ1) is 14.4. The van der Waals surface area contributed by atoms with Crippen LogP contribution in [0.2, 0.25) is 0 Å². The van der Waals surface area contributed by atoms with E-state index < -0.39 is 11.9 Å². The lowest BCUT2D eigenvalue weighted by atomic mass is 9.97. The fraction of sp³-hybridized carbons (Fsp3) is 0.150. The number of aromatic nitrogens is 6. The number of hydrogen-bond donors (Lipinski definition) is 2. The number of nitrogens with one attached hydrogen (secondary N) is 2. The standard InChI is InChI=1S/C20H16F3N7/c1-12-25-17(20(21,22)23)10-18(26-12)24-11-13-7-8-15(14-5-3-2-4-6-14)16(9-13)19-27-29-30-28-19/h2-10H,11H2,1H3,(H,24,25,26)(H,27,28,29,30). The van der Waals surface area contributed by atoms with E-state index in [1.165, 1.54) is 6.92 Å². The van der Waals surface area contributed by atoms with E-state index >= 15 is 0 Å². The fourth-order valence-electron chi connectivity index (χ4n) is 3.03. The summed E-state index contributed by atoms with van der Waals surface area (Å²) in [5.74, 6) is 0.565. The summed E-state index contributed by atoms with van der Waals surface area (Å²) >= 11 is 0. The maximum absolute atomic E-state index is 13.0. The quantitative estimate of drug-likeness (QED) is 0.510. The van der Waals surface area contributed by atoms with Crippen molar-refractivity contribution in [2.45, 2.75) is 19.6 Å². The molecule has 2 aromatic carbocycles. The lowest BCUT2D eigenvalue weighted by molar-refractivity contribution is -0.141. The number of halogens is 3. The third-order valence-corrected chi connectivity index (χ3v) is 4.36. The summed E-state index contributed by atoms with van der Waals surface area (Å²) < 4.78 is 39.0. The Labute approximate surface area is 169 Å². The van der Waals surface area contributed by atoms with Gasteiger partial charge in [0.25, 0.3) is 0 Å². The van der Waals surface area contributed by atoms with E-state index in [0.717, 1.165) is 28.3 Å². The Morgan fingerprint density at radius 1 is 0.967 bits per heavy atom. The molecule has 0 bridgehead atoms. The average Bonchev–Trinajstić information content (AvgIpc) is 3.26. The first-order valence-corrected chi connectivity index (χ1v) is 8.99. The van der Waals surface area contributed by atoms with Gasteiger partial charge in [-0.05, 0) is 34.9 Å². The summed E-state index contributed by atoms with van der Waals surface area (Å²) in [4.78, 5) is 7.49. The van der Waals surface area contributed by atoms with Gasteiger partial charge in [0.2, 0.25) is 5.82 Å². The molecule has 7 nitrogen and oxygen atoms in total. The van der Waals surface area contributed by atoms with Gasteiger partial charge in [0, 0.05) is 18.2 Å². The van der Waals surface area contributed by atoms with E-state index in [-0.39, 0.29) is 18.2 Å². The number of nitrogens with zero attached hydrogens (tertiary/aromatic N) is 5. The Balaban J connectivity index is 1.63. The van der Waals surface area contributed by atoms with Gasteiger partial charge < -0.3 is 5.32 Å². The van der Waals surface area contributed by atoms with Crippen LogP contribution in [0, 0.1) is 6.92 Å². The molecule has 4 aromatic rings. The van der Waals surface area contributed by atoms with Crippen molar-refractivity contribution in [3.63, 3.8) is 0 Å². The Morgan fingerprint density at radius 3 is 2.47 bits per heavy atom. The molecule has 0 aliphatic heterocycles. The van der Waals surface area contributed by atoms with E-state index in [9.17, 15) is 13.2 Å². The van der Waals surface area contributed by atoms with Gasteiger partial charge in [-0.25, -0.2) is 9.97 Å². The molecule has 0 amide bonds. The van der Waals surface area contributed by atoms with Crippen LogP contribution in [-0.2, 0) is 12.7 Å². The number of hydrogen-bond acceptors (Lipinski definition) is 6. The second kappa shape index (κ2) is 7.90. The maximum atomic E-state index is 13.0. The normalized spacial score (nSPS) is 11.5. The van der Waals surface area contributed by atoms with Gasteiger partial charge in [-0.15, -0.1) is 10.2 Å². The molecule has 2 aromatic heterocycles. The smallest absolute Gasteiger partial charge is 0.366 e. The Morgan fingerprint density at radius 2 is 1.77 bits per heavy atom. The van der Waals surface area contributed by atoms with Crippen LogP contribution in [0.5, 0.6) is 0 Å². The molecule has 0 radical (unpaired) electrons. The van der Waals surface area contributed by atoms with E-state index in [1.807, 2.05) is 48.5 Å². The number of alkyl halides is 3. The number of rotatable bonds is 5. The summed E-state index contributed by atoms with van der Waals surface area (Å²) in [6.45, 7) is 1.68. The highest BCUT2D eigenvalue weighted by Crippen LogP contribution is 2.31. The molecule has 0 spiro atoms. The molecular formula is C20H16F3N7. The zero-order valence-electron chi connectivity index (χ0n) is 15.8. The van der Waals surface area contributed by atoms with E-state index in [1.54, 1.807) is 0 Å². The SMILES string of the molecule is Cc1nc(NCc2ccc(-c3ccccc3)c(-c3nn[nH]n3)c2)cc(C(F)(F)F)n1. The van der Waals surface area contributed by atoms with Gasteiger partial charge in [0.1, 0.15) is 17.3 Å². The van der Waals surface area contributed by atoms with Gasteiger partial charge >= 0.3 is 6.18 Å². The molecule has 152 valence electrons. The number of aromatic amines is 1. The lowest BCUT2D eigenvalue weighted by Gasteiger charge is -2.12. The Hall–Kier alpha value is -3.82. The largest absolute Gasteiger partial charge is 0.433 e. The van der Waals surface area contributed by atoms with Crippen molar-refractivity contribution >= 4 is 5.82 Å². The lowest BCUT2D eigenvalue weighted by Crippen LogP contribution is -2.12. The van der Waals surface area contributed by atoms with Crippen LogP contribution in [0.1, 0.15) is 17.1 Å². The third-order valence-electron chi connectivity index (χ3n) is 4.36. The van der Waals surface area contributed by atoms with Gasteiger partial charge in [-0.3, -0.25) is 0 Å². The van der Waals surface area contributed by atoms with Crippen molar-refractivity contribution in [1.29, 1.82) is 0 Å². The summed E-state index contributed by atoms with van der Waals surface area (Å²) in [6.07, 6.45) is -4.53. The minimum Gasteiger partial charge on any atom is -0.366 e. The molecule has 0 atom stereocenters. The highest BCUT2D eigenvalue weighted by atomic mass is 19.4. The van der Waals surface area contributed by atoms with Crippen molar-refractivity contribution in [3.8, 4) is 22.5 Å². The van der Waals surface area contributed by atoms with Crippen molar-refractivity contribution in [1.82, 2.24) is 30.6 Å². The Bertz CT molecular complexity index is 1140. The molecule has 4 rings (SSSR count). The molecular weight excluding hydrogens is 395 g/mol. The number of H-pyrrole nitrogens is 1. The molecule has 0 aliphatic carbocycles. The van der Waals surface area contributed by atoms with E-state index in [0.29, 0.717) is 5.82 Å². The third kappa shape index (κ3) is 4.27. The molecule has 2 N–H and O–H groups in total. The zero-order chi connectivity index (χ0) is 21.1. The predicted octanol–water partition coefficient (Wildman–Crippen LogP) is 4.26. The van der Waals surface area contributed by atoms with E-state index in [2.05, 4.69) is 35.9 Å². The van der Waals surface area contributed by atoms with Crippen LogP contribution in [0.15, 0.2) is 54.6 Å². The number of tetrazole rings is 1. The monoisotopic (exact) mass is 411 g/mol. The second-order valence-corrected chi connectivity index (χ2v) is 6.52. The van der Waals surface area contributed by atoms with Gasteiger partial charge in [0.15, 0.2) is 0 Å². The van der Waals surface area contributed by atoms with Crippen LogP contribution < -0.4 is 5.32 Å². The molecule has 0 aliphatic rings. The Kier molecular flexibility index (Phi) is 5.13. The van der Waals surface area contributed by atoms with Crippen LogP contribution >= 0.6 is 0 Å². The minimum atomic E-state index is -4.53. The van der Waals surface area contributed by atoms with Gasteiger partial charge in [-0.2, -0.15) is 18.4 Å². The summed E-state index contributed by atoms with van der Waals surface area (Å²) in [5, 5.41) is 17.1. The van der Waals surface area contributed by atoms with Crippen LogP contribution in [0.4, 0.5) is 19.0 Å². The zero-order valence-corrected chi connectivity index (χ0v) is 15.8. The molecule has 0 saturated carbocycles. The average molecular weight is 411 g/mol. The van der Waals surface area contributed by atoms with Crippen LogP contribution in [0.3, 0.4) is 0 Å². The number of benzene rings is 2. The highest BCUT2D eigenvalue weighted by Gasteiger charge is 2.33. The fourth-order valence-corrected chi connectivity index (χ4v) is 3.03. The van der Waals surface area contributed by atoms with Crippen molar-refractivity contribution in [2.24, 2.45) is 0 Å². The van der Waals surface area contributed by atoms with Gasteiger partial charge in [0.05, 0.1) is 0 Å². The van der Waals surface area contributed by atoms with Crippen LogP contribution in [0.25, 0.3) is 22.5 Å². The van der Waals surface area contributed by atoms with Crippen molar-refractivity contribution in [3.05, 3.63) is 71.7 Å². The molecule has 10 heteroatoms. The van der Waals surface area contributed by atoms with Crippen LogP contribution in [-0.4, -0.2) is 30.6 Å². The highest BCUT2D eigenvalue weighted by molar-refractivity contribution is 5.80. The summed E-state index contributed by atoms with van der Waals surface area (Å²) in [6, 6.07) is 16.3. The minimum absolute atomic E-state index is 0.0410. The molecule has 30 heavy (non-hydrogen) atoms. The van der Waals surface area contributed by atoms with E-state index in [4.69, 9.17) is 0 Å². The predicted molar refractivity (Wildman–Crippen MR) is 104 cm³/mol. The van der Waals surface area contributed by atoms with Crippen molar-refractivity contribution in [2.75, 3.05) is 5.32 Å². The number of aryl methyl sites for hydroxylation is 1. The first-order valence-electron chi connectivity index (χ1n) is 8.99. The summed E-state index contributed by atoms with van der Waals surface area (Å²) in [5.41, 5.74) is 2.49. The molecule has 0 unspecified atom stereocenters. The maximum Gasteiger partial charge on any atom is 0.433 e. The second-order valence-electron chi connectivity index (χ2n) is 6.52. The molecule has 0 fully saturated rings. The van der Waals surface area contributed by atoms with Crippen molar-refractivity contribution < 1.29 is 13.2 Å². The topological polar surface area (TPSA) is 92.3 Å². The van der Waals surface area contributed by atoms with Gasteiger partial charge in [-0.1, -0.05) is 42.5 Å². The summed E-state index contributed by atoms with van der Waals surface area (Å²) in [7, 11) is 0. The first kappa shape index (κ1) is 19.5. The molecule has 2 heterocycles. The number of anilines is 1. The molecule has 0 saturated heterocycles.